The van der Waals surface area contributed by atoms with Crippen molar-refractivity contribution in [2.75, 3.05) is 13.6 Å². The lowest BCUT2D eigenvalue weighted by Crippen LogP contribution is -2.46. The van der Waals surface area contributed by atoms with Gasteiger partial charge in [-0.1, -0.05) is 0 Å². The minimum Gasteiger partial charge on any atom is -0.480 e. The third kappa shape index (κ3) is 5.68. The number of rotatable bonds is 7. The lowest BCUT2D eigenvalue weighted by atomic mass is 10.2. The van der Waals surface area contributed by atoms with Crippen molar-refractivity contribution in [1.29, 1.82) is 0 Å². The van der Waals surface area contributed by atoms with E-state index in [-0.39, 0.29) is 0 Å². The maximum absolute atomic E-state index is 12.2. The molecule has 0 saturated heterocycles. The molecule has 1 unspecified atom stereocenters. The van der Waals surface area contributed by atoms with Gasteiger partial charge in [0, 0.05) is 13.5 Å². The number of thiophene rings is 1. The van der Waals surface area contributed by atoms with E-state index in [9.17, 15) is 23.2 Å². The summed E-state index contributed by atoms with van der Waals surface area (Å²) in [7, 11) is 1.36. The number of carboxylic acids is 1. The average molecular weight is 399 g/mol. The molecule has 1 atom stereocenters. The SMILES string of the molecule is CN(CC(=O)NC(CC(F)F)C(=O)O)C(=O)c1ccc(Br)s1. The molecule has 2 N–H and O–H groups in total. The normalized spacial score (nSPS) is 12.0. The van der Waals surface area contributed by atoms with Gasteiger partial charge < -0.3 is 15.3 Å². The molecule has 0 aliphatic rings. The van der Waals surface area contributed by atoms with Crippen LogP contribution in [0.1, 0.15) is 16.1 Å². The molecule has 1 rings (SSSR count). The molecule has 1 heterocycles. The van der Waals surface area contributed by atoms with E-state index in [0.717, 1.165) is 8.69 Å². The van der Waals surface area contributed by atoms with E-state index < -0.39 is 43.2 Å². The van der Waals surface area contributed by atoms with Gasteiger partial charge in [0.25, 0.3) is 5.91 Å². The van der Waals surface area contributed by atoms with E-state index in [2.05, 4.69) is 15.9 Å². The Morgan fingerprint density at radius 1 is 1.41 bits per heavy atom. The first kappa shape index (κ1) is 18.5. The Kier molecular flexibility index (Phi) is 6.88. The Morgan fingerprint density at radius 2 is 2.05 bits per heavy atom. The average Bonchev–Trinajstić information content (AvgIpc) is 2.82. The van der Waals surface area contributed by atoms with Gasteiger partial charge in [-0.2, -0.15) is 0 Å². The summed E-state index contributed by atoms with van der Waals surface area (Å²) in [5.74, 6) is -2.80. The Balaban J connectivity index is 2.59. The van der Waals surface area contributed by atoms with E-state index >= 15 is 0 Å². The second-order valence-corrected chi connectivity index (χ2v) is 6.81. The summed E-state index contributed by atoms with van der Waals surface area (Å²) in [6.45, 7) is -0.429. The topological polar surface area (TPSA) is 86.7 Å². The minimum atomic E-state index is -2.86. The van der Waals surface area contributed by atoms with Gasteiger partial charge in [-0.05, 0) is 28.1 Å². The molecule has 6 nitrogen and oxygen atoms in total. The van der Waals surface area contributed by atoms with Crippen LogP contribution in [0.3, 0.4) is 0 Å². The van der Waals surface area contributed by atoms with Crippen molar-refractivity contribution in [2.45, 2.75) is 18.9 Å². The number of aliphatic carboxylic acids is 1. The molecule has 1 aromatic rings. The van der Waals surface area contributed by atoms with Crippen LogP contribution in [0.2, 0.25) is 0 Å². The molecule has 0 aliphatic carbocycles. The van der Waals surface area contributed by atoms with Crippen molar-refractivity contribution in [3.8, 4) is 0 Å². The number of carbonyl (C=O) groups is 3. The molecule has 0 spiro atoms. The molecule has 0 radical (unpaired) electrons. The smallest absolute Gasteiger partial charge is 0.326 e. The quantitative estimate of drug-likeness (QED) is 0.732. The Labute approximate surface area is 137 Å². The van der Waals surface area contributed by atoms with Gasteiger partial charge in [0.2, 0.25) is 12.3 Å². The summed E-state index contributed by atoms with van der Waals surface area (Å²) in [5, 5.41) is 10.7. The van der Waals surface area contributed by atoms with Crippen molar-refractivity contribution >= 4 is 45.1 Å². The molecule has 0 saturated carbocycles. The first-order chi connectivity index (χ1) is 10.2. The van der Waals surface area contributed by atoms with Gasteiger partial charge in [-0.25, -0.2) is 13.6 Å². The highest BCUT2D eigenvalue weighted by Gasteiger charge is 2.25. The third-order valence-corrected chi connectivity index (χ3v) is 4.17. The molecule has 0 fully saturated rings. The predicted molar refractivity (Wildman–Crippen MR) is 79.2 cm³/mol. The number of likely N-dealkylation sites (N-methyl/N-ethyl adjacent to an activating group) is 1. The van der Waals surface area contributed by atoms with Crippen LogP contribution < -0.4 is 5.32 Å². The van der Waals surface area contributed by atoms with Gasteiger partial charge in [0.05, 0.1) is 15.2 Å². The molecule has 10 heteroatoms. The van der Waals surface area contributed by atoms with Crippen LogP contribution in [0.4, 0.5) is 8.78 Å². The van der Waals surface area contributed by atoms with Crippen molar-refractivity contribution in [1.82, 2.24) is 10.2 Å². The maximum atomic E-state index is 12.2. The number of alkyl halides is 2. The van der Waals surface area contributed by atoms with Gasteiger partial charge in [0.15, 0.2) is 0 Å². The first-order valence-corrected chi connectivity index (χ1v) is 7.62. The molecule has 0 aromatic carbocycles. The number of amides is 2. The van der Waals surface area contributed by atoms with E-state index in [1.807, 2.05) is 5.32 Å². The number of nitrogens with one attached hydrogen (secondary N) is 1. The standard InChI is InChI=1S/C12H13BrF2N2O4S/c1-17(11(19)7-2-3-8(13)22-7)5-10(18)16-6(12(20)21)4-9(14)15/h2-3,6,9H,4-5H2,1H3,(H,16,18)(H,20,21). The van der Waals surface area contributed by atoms with Crippen molar-refractivity contribution in [3.63, 3.8) is 0 Å². The van der Waals surface area contributed by atoms with Gasteiger partial charge in [-0.3, -0.25) is 9.59 Å². The van der Waals surface area contributed by atoms with E-state index in [4.69, 9.17) is 5.11 Å². The lowest BCUT2D eigenvalue weighted by molar-refractivity contribution is -0.143. The van der Waals surface area contributed by atoms with Crippen molar-refractivity contribution < 1.29 is 28.3 Å². The minimum absolute atomic E-state index is 0.393. The van der Waals surface area contributed by atoms with Crippen molar-refractivity contribution in [3.05, 3.63) is 20.8 Å². The lowest BCUT2D eigenvalue weighted by Gasteiger charge is -2.18. The highest BCUT2D eigenvalue weighted by molar-refractivity contribution is 9.11. The van der Waals surface area contributed by atoms with Gasteiger partial charge in [0.1, 0.15) is 6.04 Å². The van der Waals surface area contributed by atoms with Crippen molar-refractivity contribution in [2.24, 2.45) is 0 Å². The molecular formula is C12H13BrF2N2O4S. The summed E-state index contributed by atoms with van der Waals surface area (Å²) in [4.78, 5) is 35.9. The number of nitrogens with zero attached hydrogens (tertiary/aromatic N) is 1. The van der Waals surface area contributed by atoms with E-state index in [0.29, 0.717) is 4.88 Å². The zero-order valence-electron chi connectivity index (χ0n) is 11.4. The van der Waals surface area contributed by atoms with Gasteiger partial charge >= 0.3 is 5.97 Å². The molecule has 0 aliphatic heterocycles. The highest BCUT2D eigenvalue weighted by Crippen LogP contribution is 2.22. The Hall–Kier alpha value is -1.55. The molecule has 2 amide bonds. The number of hydrogen-bond donors (Lipinski definition) is 2. The molecule has 22 heavy (non-hydrogen) atoms. The fourth-order valence-electron chi connectivity index (χ4n) is 1.54. The summed E-state index contributed by atoms with van der Waals surface area (Å²) >= 11 is 4.38. The van der Waals surface area contributed by atoms with Crippen LogP contribution in [-0.2, 0) is 9.59 Å². The van der Waals surface area contributed by atoms with E-state index in [1.54, 1.807) is 12.1 Å². The molecule has 122 valence electrons. The predicted octanol–water partition coefficient (Wildman–Crippen LogP) is 1.81. The number of carboxylic acid groups (broad SMARTS) is 1. The third-order valence-electron chi connectivity index (χ3n) is 2.56. The first-order valence-electron chi connectivity index (χ1n) is 6.01. The van der Waals surface area contributed by atoms with Crippen LogP contribution in [-0.4, -0.2) is 53.8 Å². The maximum Gasteiger partial charge on any atom is 0.326 e. The van der Waals surface area contributed by atoms with Crippen LogP contribution in [0.25, 0.3) is 0 Å². The zero-order valence-corrected chi connectivity index (χ0v) is 13.8. The summed E-state index contributed by atoms with van der Waals surface area (Å²) < 4.78 is 25.2. The largest absolute Gasteiger partial charge is 0.480 e. The van der Waals surface area contributed by atoms with Crippen LogP contribution in [0.5, 0.6) is 0 Å². The van der Waals surface area contributed by atoms with Gasteiger partial charge in [-0.15, -0.1) is 11.3 Å². The molecular weight excluding hydrogens is 386 g/mol. The Morgan fingerprint density at radius 3 is 2.50 bits per heavy atom. The molecule has 1 aromatic heterocycles. The highest BCUT2D eigenvalue weighted by atomic mass is 79.9. The monoisotopic (exact) mass is 398 g/mol. The number of hydrogen-bond acceptors (Lipinski definition) is 4. The fraction of sp³-hybridized carbons (Fsp3) is 0.417. The number of carbonyl (C=O) groups excluding carboxylic acids is 2. The summed E-state index contributed by atoms with van der Waals surface area (Å²) in [6.07, 6.45) is -3.85. The van der Waals surface area contributed by atoms with Crippen LogP contribution in [0.15, 0.2) is 15.9 Å². The second kappa shape index (κ2) is 8.18. The fourth-order valence-corrected chi connectivity index (χ4v) is 2.92. The second-order valence-electron chi connectivity index (χ2n) is 4.35. The van der Waals surface area contributed by atoms with E-state index in [1.165, 1.54) is 18.4 Å². The summed E-state index contributed by atoms with van der Waals surface area (Å²) in [5.41, 5.74) is 0. The number of halogens is 3. The summed E-state index contributed by atoms with van der Waals surface area (Å²) in [6, 6.07) is 1.56. The zero-order chi connectivity index (χ0) is 16.9. The molecule has 0 bridgehead atoms. The van der Waals surface area contributed by atoms with Crippen LogP contribution >= 0.6 is 27.3 Å². The Bertz CT molecular complexity index is 567. The van der Waals surface area contributed by atoms with Crippen LogP contribution in [0, 0.1) is 0 Å².